The van der Waals surface area contributed by atoms with Crippen LogP contribution < -0.4 is 0 Å². The number of amides is 1. The molecule has 0 saturated carbocycles. The zero-order chi connectivity index (χ0) is 13.9. The van der Waals surface area contributed by atoms with Gasteiger partial charge in [-0.15, -0.1) is 0 Å². The van der Waals surface area contributed by atoms with Gasteiger partial charge in [-0.05, 0) is 27.2 Å². The molecule has 0 unspecified atom stereocenters. The van der Waals surface area contributed by atoms with Crippen molar-refractivity contribution in [3.63, 3.8) is 0 Å². The van der Waals surface area contributed by atoms with Crippen molar-refractivity contribution in [1.82, 2.24) is 4.90 Å². The van der Waals surface area contributed by atoms with Crippen molar-refractivity contribution in [2.24, 2.45) is 5.92 Å². The Bertz CT molecular complexity index is 429. The molecule has 0 spiro atoms. The molecule has 5 atom stereocenters. The number of carbonyl (C=O) groups is 2. The van der Waals surface area contributed by atoms with E-state index in [0.717, 1.165) is 0 Å². The molecular weight excluding hydrogens is 250 g/mol. The van der Waals surface area contributed by atoms with E-state index in [9.17, 15) is 9.59 Å². The molecule has 0 aromatic heterocycles. The number of fused-ring (bicyclic) bond motifs is 5. The fourth-order valence-corrected chi connectivity index (χ4v) is 3.29. The maximum Gasteiger partial charge on any atom is 0.410 e. The summed E-state index contributed by atoms with van der Waals surface area (Å²) in [6.07, 6.45) is 0.316. The van der Waals surface area contributed by atoms with Crippen LogP contribution in [0.1, 0.15) is 27.2 Å². The van der Waals surface area contributed by atoms with Crippen molar-refractivity contribution in [2.75, 3.05) is 7.11 Å². The molecule has 0 aromatic carbocycles. The highest BCUT2D eigenvalue weighted by molar-refractivity contribution is 5.78. The molecule has 3 saturated heterocycles. The Hall–Kier alpha value is -1.30. The van der Waals surface area contributed by atoms with E-state index in [4.69, 9.17) is 14.2 Å². The topological polar surface area (TPSA) is 68.4 Å². The van der Waals surface area contributed by atoms with Gasteiger partial charge in [0.2, 0.25) is 0 Å². The summed E-state index contributed by atoms with van der Waals surface area (Å²) in [5.41, 5.74) is -0.537. The monoisotopic (exact) mass is 269 g/mol. The van der Waals surface area contributed by atoms with Crippen molar-refractivity contribution in [3.8, 4) is 0 Å². The molecule has 3 rings (SSSR count). The minimum absolute atomic E-state index is 0.0182. The van der Waals surface area contributed by atoms with Crippen molar-refractivity contribution >= 4 is 12.1 Å². The van der Waals surface area contributed by atoms with Gasteiger partial charge in [0.1, 0.15) is 17.8 Å². The molecule has 3 aliphatic heterocycles. The van der Waals surface area contributed by atoms with Crippen molar-refractivity contribution in [3.05, 3.63) is 0 Å². The molecule has 6 nitrogen and oxygen atoms in total. The number of hydrogen-bond donors (Lipinski definition) is 0. The van der Waals surface area contributed by atoms with Gasteiger partial charge in [0.05, 0.1) is 25.1 Å². The Labute approximate surface area is 112 Å². The maximum absolute atomic E-state index is 12.2. The summed E-state index contributed by atoms with van der Waals surface area (Å²) in [7, 11) is 1.37. The average molecular weight is 269 g/mol. The summed E-state index contributed by atoms with van der Waals surface area (Å²) in [5, 5.41) is 0. The molecular formula is C13H19NO5. The van der Waals surface area contributed by atoms with E-state index in [1.807, 2.05) is 20.8 Å². The summed E-state index contributed by atoms with van der Waals surface area (Å²) in [6.45, 7) is 5.49. The number of methoxy groups -OCH3 is 1. The van der Waals surface area contributed by atoms with Crippen LogP contribution >= 0.6 is 0 Å². The first-order chi connectivity index (χ1) is 8.83. The Balaban J connectivity index is 1.77. The van der Waals surface area contributed by atoms with Crippen LogP contribution in [0, 0.1) is 5.92 Å². The first-order valence-corrected chi connectivity index (χ1v) is 6.58. The highest BCUT2D eigenvalue weighted by Crippen LogP contribution is 2.53. The predicted molar refractivity (Wildman–Crippen MR) is 64.4 cm³/mol. The second-order valence-corrected chi connectivity index (χ2v) is 6.38. The maximum atomic E-state index is 12.2. The van der Waals surface area contributed by atoms with E-state index in [1.54, 1.807) is 4.90 Å². The molecule has 0 aliphatic carbocycles. The standard InChI is InChI=1S/C13H19NO5/c1-13(2,3)19-12(16)14-7-5-6(11(15)17-4)8(14)10-9(7)18-10/h6-10H,5H2,1-4H3/t6-,7-,8+,9-,10+/m0/s1. The number of ether oxygens (including phenoxy) is 3. The minimum atomic E-state index is -0.537. The second-order valence-electron chi connectivity index (χ2n) is 6.38. The second kappa shape index (κ2) is 3.85. The molecule has 3 fully saturated rings. The van der Waals surface area contributed by atoms with Gasteiger partial charge < -0.3 is 14.2 Å². The lowest BCUT2D eigenvalue weighted by Crippen LogP contribution is -2.44. The van der Waals surface area contributed by atoms with E-state index in [1.165, 1.54) is 7.11 Å². The third kappa shape index (κ3) is 1.89. The lowest BCUT2D eigenvalue weighted by atomic mass is 9.89. The van der Waals surface area contributed by atoms with Gasteiger partial charge in [-0.1, -0.05) is 0 Å². The van der Waals surface area contributed by atoms with Gasteiger partial charge in [0.25, 0.3) is 0 Å². The summed E-state index contributed by atoms with van der Waals surface area (Å²) >= 11 is 0. The van der Waals surface area contributed by atoms with Crippen LogP contribution in [0.4, 0.5) is 4.79 Å². The molecule has 0 radical (unpaired) electrons. The van der Waals surface area contributed by atoms with Crippen LogP contribution in [0.5, 0.6) is 0 Å². The van der Waals surface area contributed by atoms with Crippen molar-refractivity contribution in [1.29, 1.82) is 0 Å². The molecule has 6 heteroatoms. The van der Waals surface area contributed by atoms with E-state index in [0.29, 0.717) is 6.42 Å². The number of nitrogens with zero attached hydrogens (tertiary/aromatic N) is 1. The number of morpholine rings is 1. The normalized spacial score (nSPS) is 38.9. The minimum Gasteiger partial charge on any atom is -0.469 e. The summed E-state index contributed by atoms with van der Waals surface area (Å²) in [6, 6.07) is -0.272. The molecule has 0 aromatic rings. The molecule has 3 aliphatic rings. The fourth-order valence-electron chi connectivity index (χ4n) is 3.29. The lowest BCUT2D eigenvalue weighted by molar-refractivity contribution is -0.146. The number of carbonyl (C=O) groups excluding carboxylic acids is 2. The Morgan fingerprint density at radius 3 is 2.53 bits per heavy atom. The van der Waals surface area contributed by atoms with E-state index in [2.05, 4.69) is 0 Å². The first kappa shape index (κ1) is 12.7. The van der Waals surface area contributed by atoms with Gasteiger partial charge in [-0.3, -0.25) is 9.69 Å². The Kier molecular flexibility index (Phi) is 2.58. The SMILES string of the molecule is COC(=O)[C@H]1C[C@H]2[C@@H]3O[C@@H]3[C@@H]1N2C(=O)OC(C)(C)C. The van der Waals surface area contributed by atoms with Crippen molar-refractivity contribution in [2.45, 2.75) is 57.1 Å². The van der Waals surface area contributed by atoms with Crippen LogP contribution in [0.25, 0.3) is 0 Å². The number of epoxide rings is 1. The number of esters is 1. The molecule has 2 bridgehead atoms. The zero-order valence-corrected chi connectivity index (χ0v) is 11.6. The van der Waals surface area contributed by atoms with Gasteiger partial charge in [0, 0.05) is 0 Å². The van der Waals surface area contributed by atoms with Crippen molar-refractivity contribution < 1.29 is 23.8 Å². The average Bonchev–Trinajstić information content (AvgIpc) is 2.94. The van der Waals surface area contributed by atoms with Crippen LogP contribution in [-0.4, -0.2) is 54.0 Å². The van der Waals surface area contributed by atoms with Gasteiger partial charge in [0.15, 0.2) is 0 Å². The molecule has 106 valence electrons. The number of hydrogen-bond acceptors (Lipinski definition) is 5. The Morgan fingerprint density at radius 1 is 1.26 bits per heavy atom. The smallest absolute Gasteiger partial charge is 0.410 e. The Morgan fingerprint density at radius 2 is 1.95 bits per heavy atom. The third-order valence-electron chi connectivity index (χ3n) is 3.97. The molecule has 3 heterocycles. The summed E-state index contributed by atoms with van der Waals surface area (Å²) in [4.78, 5) is 25.7. The lowest BCUT2D eigenvalue weighted by Gasteiger charge is -2.29. The van der Waals surface area contributed by atoms with Gasteiger partial charge >= 0.3 is 12.1 Å². The predicted octanol–water partition coefficient (Wildman–Crippen LogP) is 0.935. The number of rotatable bonds is 1. The van der Waals surface area contributed by atoms with Gasteiger partial charge in [-0.2, -0.15) is 0 Å². The van der Waals surface area contributed by atoms with E-state index >= 15 is 0 Å². The third-order valence-corrected chi connectivity index (χ3v) is 3.97. The zero-order valence-electron chi connectivity index (χ0n) is 11.6. The van der Waals surface area contributed by atoms with Crippen LogP contribution in [0.2, 0.25) is 0 Å². The van der Waals surface area contributed by atoms with E-state index in [-0.39, 0.29) is 42.3 Å². The largest absolute Gasteiger partial charge is 0.469 e. The van der Waals surface area contributed by atoms with Crippen LogP contribution in [0.15, 0.2) is 0 Å². The first-order valence-electron chi connectivity index (χ1n) is 6.58. The molecule has 0 N–H and O–H groups in total. The summed E-state index contributed by atoms with van der Waals surface area (Å²) in [5.74, 6) is -0.554. The quantitative estimate of drug-likeness (QED) is 0.523. The van der Waals surface area contributed by atoms with Crippen LogP contribution in [0.3, 0.4) is 0 Å². The van der Waals surface area contributed by atoms with E-state index < -0.39 is 5.60 Å². The molecule has 19 heavy (non-hydrogen) atoms. The summed E-state index contributed by atoms with van der Waals surface area (Å²) < 4.78 is 15.7. The fraction of sp³-hybridized carbons (Fsp3) is 0.846. The molecule has 1 amide bonds. The highest BCUT2D eigenvalue weighted by atomic mass is 16.6. The highest BCUT2D eigenvalue weighted by Gasteiger charge is 2.71. The van der Waals surface area contributed by atoms with Gasteiger partial charge in [-0.25, -0.2) is 4.79 Å². The van der Waals surface area contributed by atoms with Crippen LogP contribution in [-0.2, 0) is 19.0 Å².